The minimum atomic E-state index is -1.14. The smallest absolute Gasteiger partial charge is 0.325 e. The van der Waals surface area contributed by atoms with Crippen LogP contribution in [0, 0.1) is 0 Å². The molecule has 0 aromatic heterocycles. The Labute approximate surface area is 159 Å². The number of amides is 4. The first kappa shape index (κ1) is 19.2. The van der Waals surface area contributed by atoms with E-state index < -0.39 is 17.5 Å². The lowest BCUT2D eigenvalue weighted by molar-refractivity contribution is -0.136. The van der Waals surface area contributed by atoms with Crippen LogP contribution < -0.4 is 15.4 Å². The number of ether oxygens (including phenoxy) is 1. The summed E-state index contributed by atoms with van der Waals surface area (Å²) in [5.74, 6) is -0.120. The standard InChI is InChI=1S/C20H27N3O4/c1-3-4-5-8-14(2)21-17(24)13-23-18(25)20(22-19(23)26)11-12-27-16-10-7-6-9-15(16)20/h6-7,9-10,14H,3-5,8,11-13H2,1-2H3,(H,21,24)(H,22,26). The average molecular weight is 373 g/mol. The number of imide groups is 1. The molecule has 2 unspecified atom stereocenters. The number of urea groups is 1. The largest absolute Gasteiger partial charge is 0.493 e. The van der Waals surface area contributed by atoms with Gasteiger partial charge in [0.25, 0.3) is 5.91 Å². The number of hydrogen-bond donors (Lipinski definition) is 2. The van der Waals surface area contributed by atoms with Crippen LogP contribution in [-0.4, -0.2) is 41.9 Å². The van der Waals surface area contributed by atoms with Gasteiger partial charge in [-0.2, -0.15) is 0 Å². The molecule has 7 heteroatoms. The lowest BCUT2D eigenvalue weighted by Gasteiger charge is -2.33. The molecule has 3 rings (SSSR count). The molecule has 1 saturated heterocycles. The van der Waals surface area contributed by atoms with Crippen molar-refractivity contribution in [2.75, 3.05) is 13.2 Å². The first-order valence-electron chi connectivity index (χ1n) is 9.63. The number of nitrogens with zero attached hydrogens (tertiary/aromatic N) is 1. The van der Waals surface area contributed by atoms with Crippen molar-refractivity contribution in [3.63, 3.8) is 0 Å². The zero-order valence-electron chi connectivity index (χ0n) is 15.9. The molecule has 1 aromatic rings. The molecule has 2 atom stereocenters. The van der Waals surface area contributed by atoms with Gasteiger partial charge in [0.15, 0.2) is 5.54 Å². The summed E-state index contributed by atoms with van der Waals surface area (Å²) >= 11 is 0. The summed E-state index contributed by atoms with van der Waals surface area (Å²) in [6, 6.07) is 6.68. The van der Waals surface area contributed by atoms with Crippen LogP contribution in [0.3, 0.4) is 0 Å². The summed E-state index contributed by atoms with van der Waals surface area (Å²) in [7, 11) is 0. The number of fused-ring (bicyclic) bond motifs is 2. The number of unbranched alkanes of at least 4 members (excludes halogenated alkanes) is 2. The van der Waals surface area contributed by atoms with Crippen LogP contribution in [-0.2, 0) is 15.1 Å². The fraction of sp³-hybridized carbons (Fsp3) is 0.550. The monoisotopic (exact) mass is 373 g/mol. The Kier molecular flexibility index (Phi) is 5.68. The van der Waals surface area contributed by atoms with E-state index >= 15 is 0 Å². The molecule has 27 heavy (non-hydrogen) atoms. The fourth-order valence-corrected chi connectivity index (χ4v) is 3.75. The molecule has 0 saturated carbocycles. The second-order valence-corrected chi connectivity index (χ2v) is 7.29. The molecule has 2 N–H and O–H groups in total. The van der Waals surface area contributed by atoms with Crippen LogP contribution >= 0.6 is 0 Å². The summed E-state index contributed by atoms with van der Waals surface area (Å²) in [6.45, 7) is 4.13. The maximum atomic E-state index is 13.1. The fourth-order valence-electron chi connectivity index (χ4n) is 3.75. The minimum absolute atomic E-state index is 0.0163. The Balaban J connectivity index is 1.68. The number of carbonyl (C=O) groups is 3. The Morgan fingerprint density at radius 2 is 2.11 bits per heavy atom. The molecule has 4 amide bonds. The van der Waals surface area contributed by atoms with E-state index in [1.54, 1.807) is 12.1 Å². The predicted molar refractivity (Wildman–Crippen MR) is 100 cm³/mol. The molecular formula is C20H27N3O4. The van der Waals surface area contributed by atoms with Gasteiger partial charge in [-0.1, -0.05) is 44.4 Å². The van der Waals surface area contributed by atoms with Crippen LogP contribution in [0.15, 0.2) is 24.3 Å². The third-order valence-electron chi connectivity index (χ3n) is 5.21. The topological polar surface area (TPSA) is 87.7 Å². The molecule has 1 spiro atoms. The molecule has 2 aliphatic heterocycles. The number of hydrogen-bond acceptors (Lipinski definition) is 4. The lowest BCUT2D eigenvalue weighted by atomic mass is 9.84. The summed E-state index contributed by atoms with van der Waals surface area (Å²) in [6.07, 6.45) is 4.52. The first-order valence-corrected chi connectivity index (χ1v) is 9.63. The van der Waals surface area contributed by atoms with Crippen LogP contribution in [0.4, 0.5) is 4.79 Å². The highest BCUT2D eigenvalue weighted by molar-refractivity contribution is 6.09. The molecule has 0 bridgehead atoms. The number of nitrogens with one attached hydrogen (secondary N) is 2. The van der Waals surface area contributed by atoms with E-state index in [0.29, 0.717) is 24.3 Å². The van der Waals surface area contributed by atoms with E-state index in [4.69, 9.17) is 4.74 Å². The van der Waals surface area contributed by atoms with Gasteiger partial charge in [-0.3, -0.25) is 14.5 Å². The highest BCUT2D eigenvalue weighted by Crippen LogP contribution is 2.40. The van der Waals surface area contributed by atoms with Gasteiger partial charge in [-0.15, -0.1) is 0 Å². The molecule has 146 valence electrons. The van der Waals surface area contributed by atoms with E-state index in [2.05, 4.69) is 17.6 Å². The SMILES string of the molecule is CCCCCC(C)NC(=O)CN1C(=O)NC2(CCOc3ccccc32)C1=O. The van der Waals surface area contributed by atoms with Gasteiger partial charge in [0, 0.05) is 18.0 Å². The quantitative estimate of drug-likeness (QED) is 0.567. The predicted octanol–water partition coefficient (Wildman–Crippen LogP) is 2.30. The summed E-state index contributed by atoms with van der Waals surface area (Å²) < 4.78 is 5.61. The lowest BCUT2D eigenvalue weighted by Crippen LogP contribution is -2.48. The number of carbonyl (C=O) groups excluding carboxylic acids is 3. The Morgan fingerprint density at radius 3 is 2.89 bits per heavy atom. The average Bonchev–Trinajstić information content (AvgIpc) is 2.87. The Bertz CT molecular complexity index is 736. The molecule has 0 aliphatic carbocycles. The van der Waals surface area contributed by atoms with E-state index in [0.717, 1.165) is 30.6 Å². The Morgan fingerprint density at radius 1 is 1.33 bits per heavy atom. The third kappa shape index (κ3) is 3.77. The highest BCUT2D eigenvalue weighted by Gasteiger charge is 2.55. The molecule has 2 aliphatic rings. The van der Waals surface area contributed by atoms with E-state index in [1.807, 2.05) is 19.1 Å². The van der Waals surface area contributed by atoms with E-state index in [-0.39, 0.29) is 18.5 Å². The van der Waals surface area contributed by atoms with Crippen molar-refractivity contribution in [2.24, 2.45) is 0 Å². The van der Waals surface area contributed by atoms with Gasteiger partial charge < -0.3 is 15.4 Å². The summed E-state index contributed by atoms with van der Waals surface area (Å²) in [4.78, 5) is 38.9. The maximum Gasteiger partial charge on any atom is 0.325 e. The third-order valence-corrected chi connectivity index (χ3v) is 5.21. The zero-order chi connectivity index (χ0) is 19.4. The number of benzene rings is 1. The van der Waals surface area contributed by atoms with Crippen LogP contribution in [0.5, 0.6) is 5.75 Å². The van der Waals surface area contributed by atoms with Crippen LogP contribution in [0.25, 0.3) is 0 Å². The first-order chi connectivity index (χ1) is 13.0. The van der Waals surface area contributed by atoms with Gasteiger partial charge in [0.1, 0.15) is 12.3 Å². The summed E-state index contributed by atoms with van der Waals surface area (Å²) in [5, 5.41) is 5.68. The Hall–Kier alpha value is -2.57. The second-order valence-electron chi connectivity index (χ2n) is 7.29. The van der Waals surface area contributed by atoms with Gasteiger partial charge >= 0.3 is 6.03 Å². The number of para-hydroxylation sites is 1. The molecule has 2 heterocycles. The van der Waals surface area contributed by atoms with Gasteiger partial charge in [-0.25, -0.2) is 4.79 Å². The second kappa shape index (κ2) is 7.98. The van der Waals surface area contributed by atoms with E-state index in [9.17, 15) is 14.4 Å². The molecule has 1 fully saturated rings. The van der Waals surface area contributed by atoms with Crippen molar-refractivity contribution in [2.45, 2.75) is 57.5 Å². The van der Waals surface area contributed by atoms with Crippen molar-refractivity contribution < 1.29 is 19.1 Å². The molecule has 1 aromatic carbocycles. The molecular weight excluding hydrogens is 346 g/mol. The van der Waals surface area contributed by atoms with Crippen molar-refractivity contribution >= 4 is 17.8 Å². The van der Waals surface area contributed by atoms with Crippen LogP contribution in [0.1, 0.15) is 51.5 Å². The minimum Gasteiger partial charge on any atom is -0.493 e. The highest BCUT2D eigenvalue weighted by atomic mass is 16.5. The molecule has 7 nitrogen and oxygen atoms in total. The van der Waals surface area contributed by atoms with Crippen molar-refractivity contribution in [3.8, 4) is 5.75 Å². The number of rotatable bonds is 7. The van der Waals surface area contributed by atoms with Gasteiger partial charge in [0.2, 0.25) is 5.91 Å². The zero-order valence-corrected chi connectivity index (χ0v) is 15.9. The normalized spacial score (nSPS) is 22.2. The van der Waals surface area contributed by atoms with Crippen molar-refractivity contribution in [3.05, 3.63) is 29.8 Å². The van der Waals surface area contributed by atoms with Crippen molar-refractivity contribution in [1.82, 2.24) is 15.5 Å². The maximum absolute atomic E-state index is 13.1. The summed E-state index contributed by atoms with van der Waals surface area (Å²) in [5.41, 5.74) is -0.496. The van der Waals surface area contributed by atoms with Crippen molar-refractivity contribution in [1.29, 1.82) is 0 Å². The van der Waals surface area contributed by atoms with Crippen LogP contribution in [0.2, 0.25) is 0 Å². The van der Waals surface area contributed by atoms with Gasteiger partial charge in [0.05, 0.1) is 6.61 Å². The van der Waals surface area contributed by atoms with E-state index in [1.165, 1.54) is 0 Å². The molecule has 0 radical (unpaired) electrons. The van der Waals surface area contributed by atoms with Gasteiger partial charge in [-0.05, 0) is 19.4 Å².